The van der Waals surface area contributed by atoms with E-state index in [-0.39, 0.29) is 0 Å². The van der Waals surface area contributed by atoms with E-state index in [1.54, 1.807) is 11.6 Å². The van der Waals surface area contributed by atoms with Crippen LogP contribution in [-0.4, -0.2) is 40.3 Å². The van der Waals surface area contributed by atoms with Crippen LogP contribution in [0.25, 0.3) is 17.0 Å². The second-order valence-corrected chi connectivity index (χ2v) is 6.32. The third-order valence-electron chi connectivity index (χ3n) is 4.60. The van der Waals surface area contributed by atoms with Crippen molar-refractivity contribution in [1.82, 2.24) is 19.6 Å². The van der Waals surface area contributed by atoms with E-state index < -0.39 is 0 Å². The summed E-state index contributed by atoms with van der Waals surface area (Å²) in [5, 5.41) is 4.34. The van der Waals surface area contributed by atoms with Gasteiger partial charge in [-0.3, -0.25) is 0 Å². The van der Waals surface area contributed by atoms with Crippen molar-refractivity contribution in [3.63, 3.8) is 0 Å². The van der Waals surface area contributed by atoms with E-state index in [4.69, 9.17) is 4.74 Å². The van der Waals surface area contributed by atoms with Gasteiger partial charge in [0, 0.05) is 25.2 Å². The molecule has 0 saturated carbocycles. The predicted molar refractivity (Wildman–Crippen MR) is 106 cm³/mol. The van der Waals surface area contributed by atoms with Crippen molar-refractivity contribution in [2.45, 2.75) is 6.42 Å². The van der Waals surface area contributed by atoms with Gasteiger partial charge < -0.3 is 9.64 Å². The van der Waals surface area contributed by atoms with Crippen molar-refractivity contribution in [2.24, 2.45) is 0 Å². The van der Waals surface area contributed by atoms with Crippen LogP contribution in [0.2, 0.25) is 0 Å². The van der Waals surface area contributed by atoms with Gasteiger partial charge in [-0.2, -0.15) is 14.6 Å². The summed E-state index contributed by atoms with van der Waals surface area (Å²) in [7, 11) is 3.76. The number of fused-ring (bicyclic) bond motifs is 1. The Morgan fingerprint density at radius 1 is 1.04 bits per heavy atom. The number of hydrogen-bond acceptors (Lipinski definition) is 5. The molecular formula is C21H21N5O. The molecule has 0 aliphatic carbocycles. The molecule has 0 bridgehead atoms. The monoisotopic (exact) mass is 359 g/mol. The van der Waals surface area contributed by atoms with Crippen molar-refractivity contribution in [3.05, 3.63) is 72.6 Å². The number of hydrogen-bond donors (Lipinski definition) is 0. The molecule has 4 aromatic rings. The summed E-state index contributed by atoms with van der Waals surface area (Å²) in [5.41, 5.74) is 3.12. The lowest BCUT2D eigenvalue weighted by atomic mass is 10.1. The summed E-state index contributed by atoms with van der Waals surface area (Å²) >= 11 is 0. The van der Waals surface area contributed by atoms with Crippen molar-refractivity contribution in [3.8, 4) is 17.0 Å². The minimum atomic E-state index is 0.593. The number of nitrogens with zero attached hydrogens (tertiary/aromatic N) is 5. The summed E-state index contributed by atoms with van der Waals surface area (Å²) in [6, 6.07) is 20.3. The first-order valence-corrected chi connectivity index (χ1v) is 8.85. The predicted octanol–water partition coefficient (Wildman–Crippen LogP) is 3.48. The van der Waals surface area contributed by atoms with Crippen molar-refractivity contribution in [1.29, 1.82) is 0 Å². The molecule has 0 unspecified atom stereocenters. The lowest BCUT2D eigenvalue weighted by Gasteiger charge is -2.21. The molecule has 0 aliphatic rings. The Kier molecular flexibility index (Phi) is 4.70. The van der Waals surface area contributed by atoms with Crippen LogP contribution in [-0.2, 0) is 6.42 Å². The Hall–Kier alpha value is -3.41. The Balaban J connectivity index is 1.65. The second-order valence-electron chi connectivity index (χ2n) is 6.32. The van der Waals surface area contributed by atoms with Crippen LogP contribution in [0.3, 0.4) is 0 Å². The molecule has 0 amide bonds. The maximum absolute atomic E-state index is 5.46. The smallest absolute Gasteiger partial charge is 0.254 e. The largest absolute Gasteiger partial charge is 0.496 e. The average Bonchev–Trinajstić information content (AvgIpc) is 3.21. The van der Waals surface area contributed by atoms with E-state index in [1.165, 1.54) is 11.9 Å². The van der Waals surface area contributed by atoms with Crippen LogP contribution in [0.15, 0.2) is 67.0 Å². The zero-order chi connectivity index (χ0) is 18.6. The molecule has 0 spiro atoms. The van der Waals surface area contributed by atoms with E-state index in [0.717, 1.165) is 35.8 Å². The minimum Gasteiger partial charge on any atom is -0.496 e. The number of benzene rings is 2. The summed E-state index contributed by atoms with van der Waals surface area (Å²) < 4.78 is 7.23. The van der Waals surface area contributed by atoms with Crippen LogP contribution < -0.4 is 9.64 Å². The summed E-state index contributed by atoms with van der Waals surface area (Å²) in [5.74, 6) is 2.46. The zero-order valence-electron chi connectivity index (χ0n) is 15.4. The highest BCUT2D eigenvalue weighted by Crippen LogP contribution is 2.24. The SMILES string of the molecule is COc1ccccc1CCN(C)c1cc(-c2ccccc2)nc2ncnn12. The molecular weight excluding hydrogens is 338 g/mol. The van der Waals surface area contributed by atoms with Crippen LogP contribution in [0, 0.1) is 0 Å². The number of rotatable bonds is 6. The topological polar surface area (TPSA) is 55.5 Å². The summed E-state index contributed by atoms with van der Waals surface area (Å²) in [6.45, 7) is 0.813. The number of methoxy groups -OCH3 is 1. The molecule has 0 radical (unpaired) electrons. The molecule has 0 atom stereocenters. The van der Waals surface area contributed by atoms with Crippen molar-refractivity contribution in [2.75, 3.05) is 25.6 Å². The number of anilines is 1. The van der Waals surface area contributed by atoms with Crippen LogP contribution in [0.4, 0.5) is 5.82 Å². The molecule has 0 aliphatic heterocycles. The number of likely N-dealkylation sites (N-methyl/N-ethyl adjacent to an activating group) is 1. The maximum atomic E-state index is 5.46. The van der Waals surface area contributed by atoms with Gasteiger partial charge in [0.2, 0.25) is 0 Å². The zero-order valence-corrected chi connectivity index (χ0v) is 15.4. The van der Waals surface area contributed by atoms with Gasteiger partial charge in [0.05, 0.1) is 12.8 Å². The normalized spacial score (nSPS) is 10.9. The van der Waals surface area contributed by atoms with Gasteiger partial charge >= 0.3 is 0 Å². The Morgan fingerprint density at radius 3 is 2.63 bits per heavy atom. The van der Waals surface area contributed by atoms with E-state index in [1.807, 2.05) is 48.5 Å². The highest BCUT2D eigenvalue weighted by atomic mass is 16.5. The molecule has 6 nitrogen and oxygen atoms in total. The summed E-state index contributed by atoms with van der Waals surface area (Å²) in [6.07, 6.45) is 2.40. The molecule has 0 fully saturated rings. The molecule has 2 aromatic carbocycles. The van der Waals surface area contributed by atoms with Crippen LogP contribution in [0.1, 0.15) is 5.56 Å². The van der Waals surface area contributed by atoms with Crippen molar-refractivity contribution < 1.29 is 4.74 Å². The van der Waals surface area contributed by atoms with Crippen LogP contribution >= 0.6 is 0 Å². The number of para-hydroxylation sites is 1. The second kappa shape index (κ2) is 7.45. The molecule has 0 N–H and O–H groups in total. The Bertz CT molecular complexity index is 1040. The molecule has 27 heavy (non-hydrogen) atoms. The average molecular weight is 359 g/mol. The quantitative estimate of drug-likeness (QED) is 0.528. The van der Waals surface area contributed by atoms with Gasteiger partial charge in [0.1, 0.15) is 17.9 Å². The van der Waals surface area contributed by atoms with Gasteiger partial charge in [-0.05, 0) is 18.1 Å². The Labute approximate surface area is 158 Å². The fourth-order valence-corrected chi connectivity index (χ4v) is 3.14. The fourth-order valence-electron chi connectivity index (χ4n) is 3.14. The Morgan fingerprint density at radius 2 is 1.81 bits per heavy atom. The highest BCUT2D eigenvalue weighted by Gasteiger charge is 2.13. The third-order valence-corrected chi connectivity index (χ3v) is 4.60. The molecule has 4 rings (SSSR count). The highest BCUT2D eigenvalue weighted by molar-refractivity contribution is 5.65. The third kappa shape index (κ3) is 3.46. The molecule has 2 heterocycles. The molecule has 2 aromatic heterocycles. The van der Waals surface area contributed by atoms with Gasteiger partial charge in [0.25, 0.3) is 5.78 Å². The lowest BCUT2D eigenvalue weighted by molar-refractivity contribution is 0.409. The number of aromatic nitrogens is 4. The molecule has 0 saturated heterocycles. The fraction of sp³-hybridized carbons (Fsp3) is 0.190. The van der Waals surface area contributed by atoms with Crippen molar-refractivity contribution >= 4 is 11.6 Å². The lowest BCUT2D eigenvalue weighted by Crippen LogP contribution is -2.23. The van der Waals surface area contributed by atoms with Gasteiger partial charge in [-0.1, -0.05) is 48.5 Å². The first-order valence-electron chi connectivity index (χ1n) is 8.85. The van der Waals surface area contributed by atoms with Crippen LogP contribution in [0.5, 0.6) is 5.75 Å². The van der Waals surface area contributed by atoms with Gasteiger partial charge in [-0.25, -0.2) is 4.98 Å². The number of ether oxygens (including phenoxy) is 1. The standard InChI is InChI=1S/C21H21N5O/c1-25(13-12-17-10-6-7-11-19(17)27-2)20-14-18(16-8-4-3-5-9-16)24-21-22-15-23-26(20)21/h3-11,14-15H,12-13H2,1-2H3. The van der Waals surface area contributed by atoms with Gasteiger partial charge in [0.15, 0.2) is 0 Å². The van der Waals surface area contributed by atoms with E-state index >= 15 is 0 Å². The summed E-state index contributed by atoms with van der Waals surface area (Å²) in [4.78, 5) is 11.1. The molecule has 136 valence electrons. The first kappa shape index (κ1) is 17.0. The van der Waals surface area contributed by atoms with Gasteiger partial charge in [-0.15, -0.1) is 0 Å². The minimum absolute atomic E-state index is 0.593. The van der Waals surface area contributed by atoms with E-state index in [9.17, 15) is 0 Å². The molecule has 6 heteroatoms. The van der Waals surface area contributed by atoms with E-state index in [0.29, 0.717) is 5.78 Å². The first-order chi connectivity index (χ1) is 13.3. The van der Waals surface area contributed by atoms with E-state index in [2.05, 4.69) is 39.1 Å². The maximum Gasteiger partial charge on any atom is 0.254 e.